The normalized spacial score (nSPS) is 9.00. The number of rotatable bonds is 3. The first kappa shape index (κ1) is 13.3. The molecule has 0 unspecified atom stereocenters. The molecule has 0 radical (unpaired) electrons. The molecule has 0 heterocycles. The molecule has 0 bridgehead atoms. The summed E-state index contributed by atoms with van der Waals surface area (Å²) in [6.45, 7) is 3.45. The predicted molar refractivity (Wildman–Crippen MR) is 45.3 cm³/mol. The fourth-order valence-electron chi connectivity index (χ4n) is 0.754. The zero-order valence-electron chi connectivity index (χ0n) is 7.23. The Morgan fingerprint density at radius 2 is 1.77 bits per heavy atom. The summed E-state index contributed by atoms with van der Waals surface area (Å²) in [4.78, 5) is 0. The SMILES string of the molecule is C=C(O[S-](=O)=O)c1ccccc1.[K+]. The molecule has 0 saturated carbocycles. The van der Waals surface area contributed by atoms with Gasteiger partial charge in [-0.2, -0.15) is 0 Å². The molecule has 64 valence electrons. The van der Waals surface area contributed by atoms with Gasteiger partial charge in [-0.05, 0) is 0 Å². The topological polar surface area (TPSA) is 43.4 Å². The average Bonchev–Trinajstić information content (AvgIpc) is 2.05. The fraction of sp³-hybridized carbons (Fsp3) is 0. The van der Waals surface area contributed by atoms with E-state index < -0.39 is 11.0 Å². The predicted octanol–water partition coefficient (Wildman–Crippen LogP) is -1.10. The molecule has 13 heavy (non-hydrogen) atoms. The van der Waals surface area contributed by atoms with Crippen LogP contribution in [0.3, 0.4) is 0 Å². The van der Waals surface area contributed by atoms with Crippen LogP contribution in [-0.2, 0) is 23.6 Å². The van der Waals surface area contributed by atoms with E-state index in [4.69, 9.17) is 0 Å². The summed E-state index contributed by atoms with van der Waals surface area (Å²) in [5.74, 6) is 0.129. The van der Waals surface area contributed by atoms with E-state index in [1.807, 2.05) is 6.07 Å². The summed E-state index contributed by atoms with van der Waals surface area (Å²) in [7, 11) is -2.55. The van der Waals surface area contributed by atoms with E-state index in [1.165, 1.54) is 0 Å². The van der Waals surface area contributed by atoms with Crippen molar-refractivity contribution in [1.82, 2.24) is 0 Å². The summed E-state index contributed by atoms with van der Waals surface area (Å²) in [5, 5.41) is 0. The third kappa shape index (κ3) is 4.95. The van der Waals surface area contributed by atoms with Gasteiger partial charge in [0.1, 0.15) is 16.7 Å². The molecule has 0 spiro atoms. The third-order valence-corrected chi connectivity index (χ3v) is 1.60. The molecule has 3 nitrogen and oxygen atoms in total. The quantitative estimate of drug-likeness (QED) is 0.370. The van der Waals surface area contributed by atoms with Crippen LogP contribution in [0.1, 0.15) is 5.56 Å². The Labute approximate surface area is 121 Å². The summed E-state index contributed by atoms with van der Waals surface area (Å²) in [5.41, 5.74) is 0.654. The van der Waals surface area contributed by atoms with Gasteiger partial charge in [0, 0.05) is 5.56 Å². The summed E-state index contributed by atoms with van der Waals surface area (Å²) < 4.78 is 24.6. The van der Waals surface area contributed by atoms with E-state index in [-0.39, 0.29) is 57.1 Å². The van der Waals surface area contributed by atoms with Crippen molar-refractivity contribution in [3.8, 4) is 0 Å². The summed E-state index contributed by atoms with van der Waals surface area (Å²) in [6, 6.07) is 8.81. The second-order valence-corrected chi connectivity index (χ2v) is 2.65. The molecule has 0 aliphatic carbocycles. The van der Waals surface area contributed by atoms with E-state index in [9.17, 15) is 8.42 Å². The molecule has 1 aromatic rings. The van der Waals surface area contributed by atoms with Gasteiger partial charge in [0.25, 0.3) is 0 Å². The number of hydrogen-bond acceptors (Lipinski definition) is 4. The number of hydrogen-bond donors (Lipinski definition) is 0. The van der Waals surface area contributed by atoms with Crippen LogP contribution in [0, 0.1) is 0 Å². The van der Waals surface area contributed by atoms with Crippen LogP contribution in [0.25, 0.3) is 5.76 Å². The van der Waals surface area contributed by atoms with E-state index in [0.29, 0.717) is 5.56 Å². The third-order valence-electron chi connectivity index (χ3n) is 1.26. The number of benzene rings is 1. The summed E-state index contributed by atoms with van der Waals surface area (Å²) >= 11 is 0. The first-order valence-electron chi connectivity index (χ1n) is 3.22. The Morgan fingerprint density at radius 1 is 1.23 bits per heavy atom. The molecule has 0 aliphatic rings. The monoisotopic (exact) mass is 222 g/mol. The van der Waals surface area contributed by atoms with Gasteiger partial charge in [0.05, 0.1) is 0 Å². The Morgan fingerprint density at radius 3 is 2.23 bits per heavy atom. The molecule has 0 aliphatic heterocycles. The molecular weight excluding hydrogens is 215 g/mol. The van der Waals surface area contributed by atoms with Crippen LogP contribution < -0.4 is 51.4 Å². The van der Waals surface area contributed by atoms with E-state index in [2.05, 4.69) is 10.8 Å². The van der Waals surface area contributed by atoms with Crippen molar-refractivity contribution in [2.24, 2.45) is 0 Å². The van der Waals surface area contributed by atoms with Crippen LogP contribution in [0.5, 0.6) is 0 Å². The minimum Gasteiger partial charge on any atom is -0.533 e. The van der Waals surface area contributed by atoms with Crippen molar-refractivity contribution < 1.29 is 64.0 Å². The van der Waals surface area contributed by atoms with Crippen molar-refractivity contribution in [1.29, 1.82) is 0 Å². The van der Waals surface area contributed by atoms with Crippen LogP contribution in [0.15, 0.2) is 36.9 Å². The minimum absolute atomic E-state index is 0. The van der Waals surface area contributed by atoms with Gasteiger partial charge in [-0.3, -0.25) is 0 Å². The van der Waals surface area contributed by atoms with Crippen molar-refractivity contribution in [3.05, 3.63) is 42.5 Å². The van der Waals surface area contributed by atoms with Gasteiger partial charge >= 0.3 is 51.4 Å². The zero-order valence-corrected chi connectivity index (χ0v) is 11.2. The molecule has 0 aromatic heterocycles. The zero-order chi connectivity index (χ0) is 8.97. The fourth-order valence-corrected chi connectivity index (χ4v) is 1.01. The molecule has 1 rings (SSSR count). The van der Waals surface area contributed by atoms with Crippen LogP contribution >= 0.6 is 0 Å². The Kier molecular flexibility index (Phi) is 6.93. The van der Waals surface area contributed by atoms with Gasteiger partial charge < -0.3 is 12.6 Å². The van der Waals surface area contributed by atoms with Gasteiger partial charge in [-0.1, -0.05) is 36.9 Å². The maximum Gasteiger partial charge on any atom is 1.00 e. The largest absolute Gasteiger partial charge is 1.00 e. The Hall–Kier alpha value is 0.346. The molecule has 0 atom stereocenters. The Bertz CT molecular complexity index is 338. The average molecular weight is 222 g/mol. The first-order valence-corrected chi connectivity index (χ1v) is 4.22. The van der Waals surface area contributed by atoms with E-state index in [0.717, 1.165) is 0 Å². The smallest absolute Gasteiger partial charge is 0.533 e. The van der Waals surface area contributed by atoms with E-state index >= 15 is 0 Å². The van der Waals surface area contributed by atoms with Gasteiger partial charge in [0.2, 0.25) is 0 Å². The maximum absolute atomic E-state index is 10.1. The first-order chi connectivity index (χ1) is 5.70. The van der Waals surface area contributed by atoms with Crippen molar-refractivity contribution in [2.75, 3.05) is 0 Å². The molecule has 0 N–H and O–H groups in total. The molecule has 0 amide bonds. The van der Waals surface area contributed by atoms with Gasteiger partial charge in [0.15, 0.2) is 0 Å². The standard InChI is InChI=1S/C8H7O3S.K/c1-7(11-12(9)10)8-5-3-2-4-6-8;/h2-6H,1H2;/q-1;+1. The minimum atomic E-state index is -2.55. The van der Waals surface area contributed by atoms with Gasteiger partial charge in [-0.15, -0.1) is 0 Å². The van der Waals surface area contributed by atoms with Crippen LogP contribution in [-0.4, -0.2) is 0 Å². The van der Waals surface area contributed by atoms with E-state index in [1.54, 1.807) is 24.3 Å². The maximum atomic E-state index is 10.1. The van der Waals surface area contributed by atoms with Crippen LogP contribution in [0.4, 0.5) is 0 Å². The Balaban J connectivity index is 0.00000144. The molecule has 5 heteroatoms. The van der Waals surface area contributed by atoms with Crippen molar-refractivity contribution in [3.63, 3.8) is 0 Å². The molecule has 0 saturated heterocycles. The molecular formula is C8H7KO3S. The van der Waals surface area contributed by atoms with Gasteiger partial charge in [-0.25, -0.2) is 0 Å². The van der Waals surface area contributed by atoms with Crippen LogP contribution in [0.2, 0.25) is 0 Å². The second-order valence-electron chi connectivity index (χ2n) is 2.08. The molecule has 0 fully saturated rings. The van der Waals surface area contributed by atoms with Crippen molar-refractivity contribution >= 4 is 16.7 Å². The molecule has 1 aromatic carbocycles. The van der Waals surface area contributed by atoms with Crippen molar-refractivity contribution in [2.45, 2.75) is 0 Å². The second kappa shape index (κ2) is 6.75. The summed E-state index contributed by atoms with van der Waals surface area (Å²) in [6.07, 6.45) is 0.